The van der Waals surface area contributed by atoms with Crippen LogP contribution in [0.5, 0.6) is 0 Å². The summed E-state index contributed by atoms with van der Waals surface area (Å²) in [6, 6.07) is 5.66. The molecule has 2 N–H and O–H groups in total. The highest BCUT2D eigenvalue weighted by atomic mass is 32.1. The molecule has 2 unspecified atom stereocenters. The second-order valence-electron chi connectivity index (χ2n) is 6.39. The van der Waals surface area contributed by atoms with Gasteiger partial charge in [0.1, 0.15) is 0 Å². The van der Waals surface area contributed by atoms with Crippen LogP contribution in [0.4, 0.5) is 0 Å². The Morgan fingerprint density at radius 3 is 2.79 bits per heavy atom. The van der Waals surface area contributed by atoms with E-state index in [1.165, 1.54) is 56.4 Å². The van der Waals surface area contributed by atoms with E-state index in [2.05, 4.69) is 22.4 Å². The van der Waals surface area contributed by atoms with Crippen molar-refractivity contribution in [2.75, 3.05) is 13.1 Å². The van der Waals surface area contributed by atoms with Crippen LogP contribution in [-0.4, -0.2) is 30.1 Å². The van der Waals surface area contributed by atoms with Crippen molar-refractivity contribution in [3.63, 3.8) is 0 Å². The molecule has 1 saturated carbocycles. The fourth-order valence-corrected chi connectivity index (χ4v) is 4.71. The minimum Gasteiger partial charge on any atom is -0.327 e. The standard InChI is InChI=1S/C16H26N2S/c17-14-9-13(10-16-7-4-8-19-16)11-18(12-14)15-5-2-1-3-6-15/h4,7-8,13-15H,1-3,5-6,9-12,17H2. The maximum Gasteiger partial charge on any atom is 0.0171 e. The molecule has 2 fully saturated rings. The van der Waals surface area contributed by atoms with E-state index >= 15 is 0 Å². The predicted octanol–water partition coefficient (Wildman–Crippen LogP) is 3.27. The van der Waals surface area contributed by atoms with Gasteiger partial charge in [0.2, 0.25) is 0 Å². The van der Waals surface area contributed by atoms with Crippen LogP contribution in [0, 0.1) is 5.92 Å². The molecule has 0 spiro atoms. The number of piperidine rings is 1. The molecule has 19 heavy (non-hydrogen) atoms. The minimum absolute atomic E-state index is 0.389. The zero-order chi connectivity index (χ0) is 13.1. The average molecular weight is 278 g/mol. The van der Waals surface area contributed by atoms with Gasteiger partial charge in [0.05, 0.1) is 0 Å². The number of likely N-dealkylation sites (tertiary alicyclic amines) is 1. The molecule has 1 aliphatic carbocycles. The van der Waals surface area contributed by atoms with Gasteiger partial charge in [-0.3, -0.25) is 4.90 Å². The third kappa shape index (κ3) is 3.59. The van der Waals surface area contributed by atoms with E-state index < -0.39 is 0 Å². The van der Waals surface area contributed by atoms with Crippen LogP contribution in [0.25, 0.3) is 0 Å². The van der Waals surface area contributed by atoms with Gasteiger partial charge in [0.15, 0.2) is 0 Å². The second kappa shape index (κ2) is 6.38. The van der Waals surface area contributed by atoms with Crippen LogP contribution in [0.15, 0.2) is 17.5 Å². The smallest absolute Gasteiger partial charge is 0.0171 e. The SMILES string of the molecule is NC1CC(Cc2cccs2)CN(C2CCCCC2)C1. The third-order valence-corrected chi connectivity index (χ3v) is 5.66. The van der Waals surface area contributed by atoms with E-state index in [-0.39, 0.29) is 0 Å². The number of thiophene rings is 1. The highest BCUT2D eigenvalue weighted by Gasteiger charge is 2.30. The Morgan fingerprint density at radius 2 is 2.05 bits per heavy atom. The quantitative estimate of drug-likeness (QED) is 0.919. The molecule has 1 aliphatic heterocycles. The first-order chi connectivity index (χ1) is 9.31. The lowest BCUT2D eigenvalue weighted by Gasteiger charge is -2.42. The molecular weight excluding hydrogens is 252 g/mol. The Bertz CT molecular complexity index is 370. The number of nitrogens with zero attached hydrogens (tertiary/aromatic N) is 1. The van der Waals surface area contributed by atoms with Crippen LogP contribution >= 0.6 is 11.3 Å². The molecule has 1 saturated heterocycles. The molecule has 0 bridgehead atoms. The first-order valence-electron chi connectivity index (χ1n) is 7.83. The Morgan fingerprint density at radius 1 is 1.21 bits per heavy atom. The van der Waals surface area contributed by atoms with Gasteiger partial charge in [-0.1, -0.05) is 25.3 Å². The molecule has 2 nitrogen and oxygen atoms in total. The summed E-state index contributed by atoms with van der Waals surface area (Å²) in [7, 11) is 0. The highest BCUT2D eigenvalue weighted by Crippen LogP contribution is 2.28. The van der Waals surface area contributed by atoms with Gasteiger partial charge in [-0.2, -0.15) is 0 Å². The summed E-state index contributed by atoms with van der Waals surface area (Å²) in [5, 5.41) is 2.19. The van der Waals surface area contributed by atoms with Crippen LogP contribution in [0.3, 0.4) is 0 Å². The van der Waals surface area contributed by atoms with Crippen LogP contribution in [0.1, 0.15) is 43.4 Å². The van der Waals surface area contributed by atoms with Crippen molar-refractivity contribution in [2.45, 2.75) is 57.0 Å². The summed E-state index contributed by atoms with van der Waals surface area (Å²) in [4.78, 5) is 4.24. The van der Waals surface area contributed by atoms with Crippen molar-refractivity contribution in [3.05, 3.63) is 22.4 Å². The zero-order valence-electron chi connectivity index (χ0n) is 11.8. The minimum atomic E-state index is 0.389. The van der Waals surface area contributed by atoms with E-state index in [4.69, 9.17) is 5.73 Å². The van der Waals surface area contributed by atoms with Gasteiger partial charge in [-0.15, -0.1) is 11.3 Å². The van der Waals surface area contributed by atoms with Crippen LogP contribution in [0.2, 0.25) is 0 Å². The fourth-order valence-electron chi connectivity index (χ4n) is 3.89. The van der Waals surface area contributed by atoms with Gasteiger partial charge in [-0.05, 0) is 43.0 Å². The largest absolute Gasteiger partial charge is 0.327 e. The summed E-state index contributed by atoms with van der Waals surface area (Å²) < 4.78 is 0. The van der Waals surface area contributed by atoms with E-state index in [9.17, 15) is 0 Å². The van der Waals surface area contributed by atoms with Crippen molar-refractivity contribution in [1.29, 1.82) is 0 Å². The van der Waals surface area contributed by atoms with E-state index in [1.807, 2.05) is 11.3 Å². The first kappa shape index (κ1) is 13.6. The topological polar surface area (TPSA) is 29.3 Å². The second-order valence-corrected chi connectivity index (χ2v) is 7.42. The Hall–Kier alpha value is -0.380. The fraction of sp³-hybridized carbons (Fsp3) is 0.750. The Kier molecular flexibility index (Phi) is 4.57. The molecule has 0 amide bonds. The molecule has 106 valence electrons. The molecule has 2 atom stereocenters. The molecule has 3 rings (SSSR count). The van der Waals surface area contributed by atoms with Crippen LogP contribution in [-0.2, 0) is 6.42 Å². The molecule has 0 radical (unpaired) electrons. The maximum absolute atomic E-state index is 6.31. The summed E-state index contributed by atoms with van der Waals surface area (Å²) >= 11 is 1.90. The Labute approximate surface area is 121 Å². The number of hydrogen-bond donors (Lipinski definition) is 1. The lowest BCUT2D eigenvalue weighted by Crippen LogP contribution is -2.51. The molecule has 0 aromatic carbocycles. The lowest BCUT2D eigenvalue weighted by molar-refractivity contribution is 0.0873. The van der Waals surface area contributed by atoms with Crippen molar-refractivity contribution >= 4 is 11.3 Å². The van der Waals surface area contributed by atoms with E-state index in [1.54, 1.807) is 0 Å². The molecule has 2 heterocycles. The van der Waals surface area contributed by atoms with E-state index in [0.29, 0.717) is 6.04 Å². The van der Waals surface area contributed by atoms with Gasteiger partial charge < -0.3 is 5.73 Å². The maximum atomic E-state index is 6.31. The monoisotopic (exact) mass is 278 g/mol. The summed E-state index contributed by atoms with van der Waals surface area (Å²) in [6.07, 6.45) is 9.53. The van der Waals surface area contributed by atoms with Crippen molar-refractivity contribution in [3.8, 4) is 0 Å². The number of rotatable bonds is 3. The number of nitrogens with two attached hydrogens (primary N) is 1. The molecule has 3 heteroatoms. The summed E-state index contributed by atoms with van der Waals surface area (Å²) in [5.74, 6) is 0.768. The summed E-state index contributed by atoms with van der Waals surface area (Å²) in [6.45, 7) is 2.40. The third-order valence-electron chi connectivity index (χ3n) is 4.76. The predicted molar refractivity (Wildman–Crippen MR) is 82.6 cm³/mol. The van der Waals surface area contributed by atoms with Crippen molar-refractivity contribution in [1.82, 2.24) is 4.90 Å². The van der Waals surface area contributed by atoms with Gasteiger partial charge >= 0.3 is 0 Å². The molecular formula is C16H26N2S. The zero-order valence-corrected chi connectivity index (χ0v) is 12.6. The van der Waals surface area contributed by atoms with E-state index in [0.717, 1.165) is 18.5 Å². The normalized spacial score (nSPS) is 30.6. The van der Waals surface area contributed by atoms with Crippen LogP contribution < -0.4 is 5.73 Å². The van der Waals surface area contributed by atoms with Gasteiger partial charge in [-0.25, -0.2) is 0 Å². The molecule has 1 aromatic rings. The molecule has 1 aromatic heterocycles. The van der Waals surface area contributed by atoms with Gasteiger partial charge in [0, 0.05) is 30.1 Å². The van der Waals surface area contributed by atoms with Crippen molar-refractivity contribution in [2.24, 2.45) is 11.7 Å². The average Bonchev–Trinajstić information content (AvgIpc) is 2.92. The summed E-state index contributed by atoms with van der Waals surface area (Å²) in [5.41, 5.74) is 6.31. The Balaban J connectivity index is 1.59. The van der Waals surface area contributed by atoms with Gasteiger partial charge in [0.25, 0.3) is 0 Å². The highest BCUT2D eigenvalue weighted by molar-refractivity contribution is 7.09. The van der Waals surface area contributed by atoms with Crippen molar-refractivity contribution < 1.29 is 0 Å². The molecule has 2 aliphatic rings. The first-order valence-corrected chi connectivity index (χ1v) is 8.71. The number of hydrogen-bond acceptors (Lipinski definition) is 3. The lowest BCUT2D eigenvalue weighted by atomic mass is 9.87.